The SMILES string of the molecule is COc1ccc(C(=O)Nc2c(C)cc(Br)cc2N)cc1Br. The molecule has 4 nitrogen and oxygen atoms in total. The summed E-state index contributed by atoms with van der Waals surface area (Å²) in [6, 6.07) is 8.79. The Bertz CT molecular complexity index is 679. The van der Waals surface area contributed by atoms with Crippen molar-refractivity contribution < 1.29 is 9.53 Å². The van der Waals surface area contributed by atoms with E-state index in [1.807, 2.05) is 13.0 Å². The van der Waals surface area contributed by atoms with Gasteiger partial charge in [0.2, 0.25) is 0 Å². The molecule has 3 N–H and O–H groups in total. The maximum absolute atomic E-state index is 12.3. The number of aryl methyl sites for hydroxylation is 1. The summed E-state index contributed by atoms with van der Waals surface area (Å²) in [6.45, 7) is 1.89. The number of carbonyl (C=O) groups excluding carboxylic acids is 1. The molecule has 0 aliphatic heterocycles. The van der Waals surface area contributed by atoms with Crippen LogP contribution in [0, 0.1) is 6.92 Å². The third kappa shape index (κ3) is 3.57. The Morgan fingerprint density at radius 1 is 1.24 bits per heavy atom. The van der Waals surface area contributed by atoms with Crippen molar-refractivity contribution in [3.8, 4) is 5.75 Å². The zero-order valence-electron chi connectivity index (χ0n) is 11.5. The van der Waals surface area contributed by atoms with Crippen LogP contribution in [0.5, 0.6) is 5.75 Å². The number of ether oxygens (including phenoxy) is 1. The monoisotopic (exact) mass is 412 g/mol. The van der Waals surface area contributed by atoms with E-state index in [9.17, 15) is 4.79 Å². The first kappa shape index (κ1) is 15.9. The van der Waals surface area contributed by atoms with Crippen molar-refractivity contribution in [2.45, 2.75) is 6.92 Å². The maximum atomic E-state index is 12.3. The van der Waals surface area contributed by atoms with E-state index in [2.05, 4.69) is 37.2 Å². The van der Waals surface area contributed by atoms with Gasteiger partial charge in [0, 0.05) is 10.0 Å². The highest BCUT2D eigenvalue weighted by atomic mass is 79.9. The van der Waals surface area contributed by atoms with Crippen LogP contribution in [0.15, 0.2) is 39.3 Å². The van der Waals surface area contributed by atoms with Crippen LogP contribution >= 0.6 is 31.9 Å². The minimum absolute atomic E-state index is 0.226. The van der Waals surface area contributed by atoms with E-state index < -0.39 is 0 Å². The van der Waals surface area contributed by atoms with Gasteiger partial charge in [-0.15, -0.1) is 0 Å². The molecule has 6 heteroatoms. The summed E-state index contributed by atoms with van der Waals surface area (Å²) in [5.74, 6) is 0.446. The molecule has 0 aliphatic carbocycles. The van der Waals surface area contributed by atoms with E-state index in [4.69, 9.17) is 10.5 Å². The molecule has 21 heavy (non-hydrogen) atoms. The fourth-order valence-corrected chi connectivity index (χ4v) is 3.06. The van der Waals surface area contributed by atoms with Gasteiger partial charge >= 0.3 is 0 Å². The number of rotatable bonds is 3. The Morgan fingerprint density at radius 2 is 1.95 bits per heavy atom. The van der Waals surface area contributed by atoms with Crippen molar-refractivity contribution in [1.82, 2.24) is 0 Å². The number of nitrogen functional groups attached to an aromatic ring is 1. The quantitative estimate of drug-likeness (QED) is 0.734. The normalized spacial score (nSPS) is 10.3. The number of amides is 1. The van der Waals surface area contributed by atoms with Crippen LogP contribution in [0.2, 0.25) is 0 Å². The van der Waals surface area contributed by atoms with Gasteiger partial charge in [-0.05, 0) is 58.7 Å². The Balaban J connectivity index is 2.28. The van der Waals surface area contributed by atoms with Crippen molar-refractivity contribution >= 4 is 49.1 Å². The molecule has 0 fully saturated rings. The summed E-state index contributed by atoms with van der Waals surface area (Å²) in [5.41, 5.74) is 8.50. The number of benzene rings is 2. The highest BCUT2D eigenvalue weighted by molar-refractivity contribution is 9.10. The second-order valence-corrected chi connectivity index (χ2v) is 6.26. The van der Waals surface area contributed by atoms with Crippen LogP contribution in [-0.2, 0) is 0 Å². The van der Waals surface area contributed by atoms with Gasteiger partial charge in [-0.3, -0.25) is 4.79 Å². The lowest BCUT2D eigenvalue weighted by atomic mass is 10.1. The van der Waals surface area contributed by atoms with Crippen LogP contribution in [0.4, 0.5) is 11.4 Å². The first-order valence-corrected chi connectivity index (χ1v) is 7.71. The molecule has 0 unspecified atom stereocenters. The van der Waals surface area contributed by atoms with E-state index in [1.165, 1.54) is 0 Å². The summed E-state index contributed by atoms with van der Waals surface area (Å²) in [7, 11) is 1.58. The third-order valence-corrected chi connectivity index (χ3v) is 4.06. The summed E-state index contributed by atoms with van der Waals surface area (Å²) in [6.07, 6.45) is 0. The molecule has 0 heterocycles. The fourth-order valence-electron chi connectivity index (χ4n) is 1.93. The first-order valence-electron chi connectivity index (χ1n) is 6.13. The maximum Gasteiger partial charge on any atom is 0.255 e. The Kier molecular flexibility index (Phi) is 4.90. The Hall–Kier alpha value is -1.53. The fraction of sp³-hybridized carbons (Fsp3) is 0.133. The van der Waals surface area contributed by atoms with Gasteiger partial charge in [0.05, 0.1) is 23.0 Å². The molecule has 0 aromatic heterocycles. The molecule has 0 aliphatic rings. The van der Waals surface area contributed by atoms with Crippen molar-refractivity contribution in [3.05, 3.63) is 50.4 Å². The van der Waals surface area contributed by atoms with Crippen molar-refractivity contribution in [3.63, 3.8) is 0 Å². The standard InChI is InChI=1S/C15H14Br2N2O2/c1-8-5-10(16)7-12(18)14(8)19-15(20)9-3-4-13(21-2)11(17)6-9/h3-7H,18H2,1-2H3,(H,19,20). The van der Waals surface area contributed by atoms with Gasteiger partial charge in [-0.25, -0.2) is 0 Å². The molecular weight excluding hydrogens is 400 g/mol. The summed E-state index contributed by atoms with van der Waals surface area (Å²) in [5, 5.41) is 2.84. The zero-order chi connectivity index (χ0) is 15.6. The molecule has 2 aromatic rings. The summed E-state index contributed by atoms with van der Waals surface area (Å²) >= 11 is 6.73. The van der Waals surface area contributed by atoms with Crippen molar-refractivity contribution in [1.29, 1.82) is 0 Å². The topological polar surface area (TPSA) is 64.3 Å². The number of halogens is 2. The minimum atomic E-state index is -0.226. The van der Waals surface area contributed by atoms with E-state index in [-0.39, 0.29) is 5.91 Å². The smallest absolute Gasteiger partial charge is 0.255 e. The predicted octanol–water partition coefficient (Wildman–Crippen LogP) is 4.36. The van der Waals surface area contributed by atoms with Crippen LogP contribution in [0.25, 0.3) is 0 Å². The Labute approximate surface area is 139 Å². The molecule has 0 saturated heterocycles. The molecule has 0 saturated carbocycles. The lowest BCUT2D eigenvalue weighted by Gasteiger charge is -2.12. The predicted molar refractivity (Wildman–Crippen MR) is 91.9 cm³/mol. The number of methoxy groups -OCH3 is 1. The van der Waals surface area contributed by atoms with Gasteiger partial charge in [-0.1, -0.05) is 15.9 Å². The molecule has 0 radical (unpaired) electrons. The van der Waals surface area contributed by atoms with Crippen molar-refractivity contribution in [2.24, 2.45) is 0 Å². The largest absolute Gasteiger partial charge is 0.496 e. The third-order valence-electron chi connectivity index (χ3n) is 2.98. The van der Waals surface area contributed by atoms with Gasteiger partial charge < -0.3 is 15.8 Å². The first-order chi connectivity index (χ1) is 9.92. The van der Waals surface area contributed by atoms with E-state index in [1.54, 1.807) is 31.4 Å². The second kappa shape index (κ2) is 6.49. The van der Waals surface area contributed by atoms with E-state index >= 15 is 0 Å². The van der Waals surface area contributed by atoms with E-state index in [0.717, 1.165) is 14.5 Å². The number of nitrogens with one attached hydrogen (secondary N) is 1. The number of carbonyl (C=O) groups is 1. The molecule has 2 aromatic carbocycles. The van der Waals surface area contributed by atoms with Gasteiger partial charge in [-0.2, -0.15) is 0 Å². The van der Waals surface area contributed by atoms with Crippen LogP contribution < -0.4 is 15.8 Å². The minimum Gasteiger partial charge on any atom is -0.496 e. The summed E-state index contributed by atoms with van der Waals surface area (Å²) < 4.78 is 6.74. The Morgan fingerprint density at radius 3 is 2.52 bits per heavy atom. The van der Waals surface area contributed by atoms with Gasteiger partial charge in [0.15, 0.2) is 0 Å². The van der Waals surface area contributed by atoms with Crippen molar-refractivity contribution in [2.75, 3.05) is 18.2 Å². The average Bonchev–Trinajstić information content (AvgIpc) is 2.42. The molecule has 0 bridgehead atoms. The molecule has 2 rings (SSSR count). The molecule has 0 spiro atoms. The van der Waals surface area contributed by atoms with Crippen LogP contribution in [-0.4, -0.2) is 13.0 Å². The molecule has 110 valence electrons. The molecular formula is C15H14Br2N2O2. The molecule has 1 amide bonds. The lowest BCUT2D eigenvalue weighted by Crippen LogP contribution is -2.14. The highest BCUT2D eigenvalue weighted by Crippen LogP contribution is 2.29. The number of nitrogens with two attached hydrogens (primary N) is 1. The molecule has 0 atom stereocenters. The highest BCUT2D eigenvalue weighted by Gasteiger charge is 2.12. The zero-order valence-corrected chi connectivity index (χ0v) is 14.7. The van der Waals surface area contributed by atoms with Crippen LogP contribution in [0.3, 0.4) is 0 Å². The van der Waals surface area contributed by atoms with Gasteiger partial charge in [0.1, 0.15) is 5.75 Å². The lowest BCUT2D eigenvalue weighted by molar-refractivity contribution is 0.102. The van der Waals surface area contributed by atoms with Crippen LogP contribution in [0.1, 0.15) is 15.9 Å². The van der Waals surface area contributed by atoms with Gasteiger partial charge in [0.25, 0.3) is 5.91 Å². The summed E-state index contributed by atoms with van der Waals surface area (Å²) in [4.78, 5) is 12.3. The van der Waals surface area contributed by atoms with E-state index in [0.29, 0.717) is 22.7 Å². The number of hydrogen-bond donors (Lipinski definition) is 2. The second-order valence-electron chi connectivity index (χ2n) is 4.49. The number of hydrogen-bond acceptors (Lipinski definition) is 3. The average molecular weight is 414 g/mol. The number of anilines is 2.